The number of hydrogen-bond donors (Lipinski definition) is 2. The van der Waals surface area contributed by atoms with Gasteiger partial charge in [0.05, 0.1) is 11.7 Å². The number of aliphatic hydroxyl groups is 1. The second kappa shape index (κ2) is 5.51. The largest absolute Gasteiger partial charge is 0.416 e. The van der Waals surface area contributed by atoms with Crippen LogP contribution in [0.4, 0.5) is 13.2 Å². The summed E-state index contributed by atoms with van der Waals surface area (Å²) >= 11 is 0. The minimum atomic E-state index is -4.33. The topological polar surface area (TPSA) is 32.3 Å². The number of nitrogens with one attached hydrogen (secondary N) is 1. The molecule has 0 aliphatic rings. The monoisotopic (exact) mass is 247 g/mol. The molecule has 0 saturated heterocycles. The maximum atomic E-state index is 12.3. The molecule has 2 N–H and O–H groups in total. The van der Waals surface area contributed by atoms with E-state index in [1.807, 2.05) is 13.8 Å². The van der Waals surface area contributed by atoms with Gasteiger partial charge in [0.25, 0.3) is 0 Å². The summed E-state index contributed by atoms with van der Waals surface area (Å²) in [5, 5.41) is 12.7. The Balaban J connectivity index is 2.67. The van der Waals surface area contributed by atoms with E-state index < -0.39 is 17.8 Å². The van der Waals surface area contributed by atoms with Crippen LogP contribution in [0.5, 0.6) is 0 Å². The van der Waals surface area contributed by atoms with Crippen LogP contribution in [0.1, 0.15) is 31.1 Å². The van der Waals surface area contributed by atoms with E-state index in [4.69, 9.17) is 0 Å². The van der Waals surface area contributed by atoms with Gasteiger partial charge in [0.15, 0.2) is 0 Å². The van der Waals surface area contributed by atoms with E-state index in [0.29, 0.717) is 12.1 Å². The zero-order valence-electron chi connectivity index (χ0n) is 9.75. The third kappa shape index (κ3) is 4.36. The van der Waals surface area contributed by atoms with Crippen molar-refractivity contribution in [1.29, 1.82) is 0 Å². The average molecular weight is 247 g/mol. The van der Waals surface area contributed by atoms with E-state index in [0.717, 1.165) is 12.1 Å². The molecule has 0 amide bonds. The van der Waals surface area contributed by atoms with Crippen molar-refractivity contribution in [2.45, 2.75) is 32.2 Å². The summed E-state index contributed by atoms with van der Waals surface area (Å²) in [5.74, 6) is 0. The molecule has 0 bridgehead atoms. The van der Waals surface area contributed by atoms with Crippen LogP contribution in [0.2, 0.25) is 0 Å². The van der Waals surface area contributed by atoms with Crippen molar-refractivity contribution in [2.24, 2.45) is 0 Å². The summed E-state index contributed by atoms with van der Waals surface area (Å²) < 4.78 is 36.9. The number of hydrogen-bond acceptors (Lipinski definition) is 2. The Morgan fingerprint density at radius 3 is 2.12 bits per heavy atom. The van der Waals surface area contributed by atoms with Crippen LogP contribution in [0, 0.1) is 0 Å². The van der Waals surface area contributed by atoms with Crippen LogP contribution in [0.3, 0.4) is 0 Å². The van der Waals surface area contributed by atoms with E-state index >= 15 is 0 Å². The molecule has 0 spiro atoms. The molecule has 0 radical (unpaired) electrons. The third-order valence-corrected chi connectivity index (χ3v) is 2.34. The number of halogens is 3. The zero-order valence-corrected chi connectivity index (χ0v) is 9.75. The molecule has 1 unspecified atom stereocenters. The van der Waals surface area contributed by atoms with E-state index in [2.05, 4.69) is 5.32 Å². The van der Waals surface area contributed by atoms with Gasteiger partial charge in [0.2, 0.25) is 0 Å². The maximum Gasteiger partial charge on any atom is 0.416 e. The molecule has 0 aromatic heterocycles. The molecule has 1 rings (SSSR count). The van der Waals surface area contributed by atoms with Gasteiger partial charge >= 0.3 is 6.18 Å². The van der Waals surface area contributed by atoms with E-state index in [1.54, 1.807) is 0 Å². The Hall–Kier alpha value is -1.07. The van der Waals surface area contributed by atoms with Gasteiger partial charge in [-0.05, 0) is 17.7 Å². The highest BCUT2D eigenvalue weighted by Crippen LogP contribution is 2.29. The normalized spacial score (nSPS) is 14.1. The minimum absolute atomic E-state index is 0.221. The average Bonchev–Trinajstić information content (AvgIpc) is 2.25. The van der Waals surface area contributed by atoms with Gasteiger partial charge in [-0.1, -0.05) is 26.0 Å². The van der Waals surface area contributed by atoms with Crippen molar-refractivity contribution in [3.8, 4) is 0 Å². The van der Waals surface area contributed by atoms with Crippen LogP contribution < -0.4 is 5.32 Å². The van der Waals surface area contributed by atoms with Crippen molar-refractivity contribution < 1.29 is 18.3 Å². The Morgan fingerprint density at radius 2 is 1.71 bits per heavy atom. The molecule has 1 aromatic carbocycles. The molecule has 0 aliphatic carbocycles. The lowest BCUT2D eigenvalue weighted by molar-refractivity contribution is -0.137. The summed E-state index contributed by atoms with van der Waals surface area (Å²) in [6, 6.07) is 4.78. The van der Waals surface area contributed by atoms with Crippen LogP contribution in [-0.2, 0) is 6.18 Å². The fourth-order valence-corrected chi connectivity index (χ4v) is 1.36. The van der Waals surface area contributed by atoms with Gasteiger partial charge in [-0.2, -0.15) is 13.2 Å². The zero-order chi connectivity index (χ0) is 13.1. The van der Waals surface area contributed by atoms with Crippen molar-refractivity contribution in [1.82, 2.24) is 5.32 Å². The summed E-state index contributed by atoms with van der Waals surface area (Å²) in [6.07, 6.45) is -5.13. The molecule has 96 valence electrons. The molecule has 0 saturated carbocycles. The molecule has 0 heterocycles. The van der Waals surface area contributed by atoms with Gasteiger partial charge in [0.1, 0.15) is 0 Å². The molecule has 2 nitrogen and oxygen atoms in total. The van der Waals surface area contributed by atoms with Crippen molar-refractivity contribution in [2.75, 3.05) is 6.54 Å². The first kappa shape index (κ1) is 14.0. The third-order valence-electron chi connectivity index (χ3n) is 2.34. The van der Waals surface area contributed by atoms with Crippen LogP contribution in [0.25, 0.3) is 0 Å². The van der Waals surface area contributed by atoms with E-state index in [-0.39, 0.29) is 6.04 Å². The summed E-state index contributed by atoms with van der Waals surface area (Å²) in [4.78, 5) is 0. The highest BCUT2D eigenvalue weighted by molar-refractivity contribution is 5.26. The molecule has 1 atom stereocenters. The van der Waals surface area contributed by atoms with Gasteiger partial charge in [-0.25, -0.2) is 0 Å². The fraction of sp³-hybridized carbons (Fsp3) is 0.500. The fourth-order valence-electron chi connectivity index (χ4n) is 1.36. The molecular weight excluding hydrogens is 231 g/mol. The Morgan fingerprint density at radius 1 is 1.18 bits per heavy atom. The molecule has 1 aromatic rings. The summed E-state index contributed by atoms with van der Waals surface area (Å²) in [7, 11) is 0. The molecular formula is C12H16F3NO. The predicted molar refractivity (Wildman–Crippen MR) is 59.5 cm³/mol. The first-order valence-corrected chi connectivity index (χ1v) is 5.39. The number of rotatable bonds is 4. The van der Waals surface area contributed by atoms with Gasteiger partial charge in [0, 0.05) is 12.6 Å². The lowest BCUT2D eigenvalue weighted by Gasteiger charge is -2.15. The first-order chi connectivity index (χ1) is 7.80. The quantitative estimate of drug-likeness (QED) is 0.857. The van der Waals surface area contributed by atoms with Crippen LogP contribution >= 0.6 is 0 Å². The van der Waals surface area contributed by atoms with Crippen LogP contribution in [-0.4, -0.2) is 17.7 Å². The smallest absolute Gasteiger partial charge is 0.387 e. The predicted octanol–water partition coefficient (Wildman–Crippen LogP) is 2.74. The first-order valence-electron chi connectivity index (χ1n) is 5.39. The van der Waals surface area contributed by atoms with Gasteiger partial charge in [-0.3, -0.25) is 0 Å². The second-order valence-corrected chi connectivity index (χ2v) is 4.20. The lowest BCUT2D eigenvalue weighted by Crippen LogP contribution is -2.27. The van der Waals surface area contributed by atoms with E-state index in [1.165, 1.54) is 12.1 Å². The van der Waals surface area contributed by atoms with Gasteiger partial charge in [-0.15, -0.1) is 0 Å². The van der Waals surface area contributed by atoms with Crippen molar-refractivity contribution >= 4 is 0 Å². The summed E-state index contributed by atoms with van der Waals surface area (Å²) in [6.45, 7) is 4.18. The molecule has 0 aliphatic heterocycles. The standard InChI is InChI=1S/C12H16F3NO/c1-8(2)16-7-11(17)9-3-5-10(6-4-9)12(13,14)15/h3-6,8,11,16-17H,7H2,1-2H3. The maximum absolute atomic E-state index is 12.3. The molecule has 17 heavy (non-hydrogen) atoms. The second-order valence-electron chi connectivity index (χ2n) is 4.20. The number of benzene rings is 1. The summed E-state index contributed by atoms with van der Waals surface area (Å²) in [5.41, 5.74) is -0.226. The number of alkyl halides is 3. The Kier molecular flexibility index (Phi) is 4.54. The van der Waals surface area contributed by atoms with Crippen molar-refractivity contribution in [3.63, 3.8) is 0 Å². The highest BCUT2D eigenvalue weighted by Gasteiger charge is 2.30. The number of aliphatic hydroxyl groups excluding tert-OH is 1. The Bertz CT molecular complexity index is 346. The van der Waals surface area contributed by atoms with Gasteiger partial charge < -0.3 is 10.4 Å². The Labute approximate surface area is 98.5 Å². The van der Waals surface area contributed by atoms with Crippen LogP contribution in [0.15, 0.2) is 24.3 Å². The SMILES string of the molecule is CC(C)NCC(O)c1ccc(C(F)(F)F)cc1. The lowest BCUT2D eigenvalue weighted by atomic mass is 10.1. The molecule has 0 fully saturated rings. The molecule has 5 heteroatoms. The van der Waals surface area contributed by atoms with E-state index in [9.17, 15) is 18.3 Å². The highest BCUT2D eigenvalue weighted by atomic mass is 19.4. The van der Waals surface area contributed by atoms with Crippen molar-refractivity contribution in [3.05, 3.63) is 35.4 Å². The minimum Gasteiger partial charge on any atom is -0.387 e.